The number of benzene rings is 3. The van der Waals surface area contributed by atoms with Crippen LogP contribution in [0.1, 0.15) is 33.5 Å². The van der Waals surface area contributed by atoms with Crippen molar-refractivity contribution >= 4 is 39.1 Å². The normalized spacial score (nSPS) is 12.8. The van der Waals surface area contributed by atoms with Gasteiger partial charge in [0.05, 0.1) is 0 Å². The van der Waals surface area contributed by atoms with Gasteiger partial charge >= 0.3 is 0 Å². The van der Waals surface area contributed by atoms with Crippen LogP contribution in [0.3, 0.4) is 0 Å². The number of aryl methyl sites for hydroxylation is 1. The molecule has 0 bridgehead atoms. The fraction of sp³-hybridized carbons (Fsp3) is 0.231. The summed E-state index contributed by atoms with van der Waals surface area (Å²) in [4.78, 5) is 27.0. The first-order valence-corrected chi connectivity index (χ1v) is 11.5. The first kappa shape index (κ1) is 22.1. The Balaban J connectivity index is 1.27. The number of rotatable bonds is 6. The van der Waals surface area contributed by atoms with Gasteiger partial charge in [-0.3, -0.25) is 9.59 Å². The molecule has 2 N–H and O–H groups in total. The fourth-order valence-electron chi connectivity index (χ4n) is 3.87. The third kappa shape index (κ3) is 5.37. The van der Waals surface area contributed by atoms with Crippen molar-refractivity contribution < 1.29 is 9.59 Å². The van der Waals surface area contributed by atoms with Gasteiger partial charge in [-0.2, -0.15) is 0 Å². The summed E-state index contributed by atoms with van der Waals surface area (Å²) >= 11 is 3.41. The van der Waals surface area contributed by atoms with Gasteiger partial charge < -0.3 is 15.5 Å². The zero-order chi connectivity index (χ0) is 22.5. The van der Waals surface area contributed by atoms with Crippen molar-refractivity contribution in [2.45, 2.75) is 26.3 Å². The summed E-state index contributed by atoms with van der Waals surface area (Å²) in [7, 11) is 0. The smallest absolute Gasteiger partial charge is 0.251 e. The molecule has 0 saturated heterocycles. The first-order chi connectivity index (χ1) is 15.5. The minimum absolute atomic E-state index is 0.132. The van der Waals surface area contributed by atoms with E-state index >= 15 is 0 Å². The summed E-state index contributed by atoms with van der Waals surface area (Å²) in [5.74, 6) is -0.306. The SMILES string of the molecule is Cc1ccc(Br)cc1NC(=O)CCNC(=O)c1ccc(N2CCc3ccccc3C2)cc1. The Labute approximate surface area is 197 Å². The lowest BCUT2D eigenvalue weighted by atomic mass is 9.99. The molecule has 0 aliphatic carbocycles. The van der Waals surface area contributed by atoms with Crippen LogP contribution in [0.5, 0.6) is 0 Å². The highest BCUT2D eigenvalue weighted by Crippen LogP contribution is 2.25. The van der Waals surface area contributed by atoms with Crippen LogP contribution in [0.25, 0.3) is 0 Å². The molecule has 4 rings (SSSR count). The largest absolute Gasteiger partial charge is 0.367 e. The molecule has 0 fully saturated rings. The van der Waals surface area contributed by atoms with Gasteiger partial charge in [0, 0.05) is 47.5 Å². The molecule has 0 unspecified atom stereocenters. The van der Waals surface area contributed by atoms with Crippen LogP contribution < -0.4 is 15.5 Å². The van der Waals surface area contributed by atoms with E-state index in [0.717, 1.165) is 40.9 Å². The van der Waals surface area contributed by atoms with Gasteiger partial charge in [0.15, 0.2) is 0 Å². The molecule has 1 heterocycles. The molecule has 0 saturated carbocycles. The average molecular weight is 492 g/mol. The minimum atomic E-state index is -0.174. The van der Waals surface area contributed by atoms with E-state index in [1.54, 1.807) is 0 Å². The Bertz CT molecular complexity index is 1130. The quantitative estimate of drug-likeness (QED) is 0.505. The lowest BCUT2D eigenvalue weighted by Gasteiger charge is -2.30. The van der Waals surface area contributed by atoms with Crippen LogP contribution in [0.4, 0.5) is 11.4 Å². The molecule has 32 heavy (non-hydrogen) atoms. The first-order valence-electron chi connectivity index (χ1n) is 10.8. The number of carbonyl (C=O) groups is 2. The third-order valence-corrected chi connectivity index (χ3v) is 6.23. The molecule has 1 aliphatic heterocycles. The number of hydrogen-bond acceptors (Lipinski definition) is 3. The Morgan fingerprint density at radius 3 is 2.53 bits per heavy atom. The molecule has 3 aromatic rings. The third-order valence-electron chi connectivity index (χ3n) is 5.74. The highest BCUT2D eigenvalue weighted by Gasteiger charge is 2.16. The summed E-state index contributed by atoms with van der Waals surface area (Å²) < 4.78 is 0.906. The lowest BCUT2D eigenvalue weighted by molar-refractivity contribution is -0.116. The number of carbonyl (C=O) groups excluding carboxylic acids is 2. The lowest BCUT2D eigenvalue weighted by Crippen LogP contribution is -2.30. The minimum Gasteiger partial charge on any atom is -0.367 e. The van der Waals surface area contributed by atoms with Gasteiger partial charge in [-0.1, -0.05) is 46.3 Å². The van der Waals surface area contributed by atoms with Crippen molar-refractivity contribution in [3.8, 4) is 0 Å². The molecule has 1 aliphatic rings. The molecule has 2 amide bonds. The van der Waals surface area contributed by atoms with E-state index in [-0.39, 0.29) is 24.8 Å². The second-order valence-electron chi connectivity index (χ2n) is 8.00. The van der Waals surface area contributed by atoms with Crippen molar-refractivity contribution in [3.05, 3.63) is 93.5 Å². The second kappa shape index (κ2) is 10.0. The van der Waals surface area contributed by atoms with Gasteiger partial charge in [0.1, 0.15) is 0 Å². The van der Waals surface area contributed by atoms with Crippen LogP contribution in [-0.2, 0) is 17.8 Å². The molecule has 0 spiro atoms. The van der Waals surface area contributed by atoms with Crippen LogP contribution >= 0.6 is 15.9 Å². The number of halogens is 1. The number of nitrogens with zero attached hydrogens (tertiary/aromatic N) is 1. The zero-order valence-electron chi connectivity index (χ0n) is 18.0. The predicted molar refractivity (Wildman–Crippen MR) is 132 cm³/mol. The van der Waals surface area contributed by atoms with Gasteiger partial charge in [-0.15, -0.1) is 0 Å². The highest BCUT2D eigenvalue weighted by molar-refractivity contribution is 9.10. The molecule has 6 heteroatoms. The van der Waals surface area contributed by atoms with Gasteiger partial charge in [0.25, 0.3) is 5.91 Å². The van der Waals surface area contributed by atoms with Crippen LogP contribution in [0.2, 0.25) is 0 Å². The summed E-state index contributed by atoms with van der Waals surface area (Å²) in [6, 6.07) is 22.0. The molecule has 164 valence electrons. The Hall–Kier alpha value is -3.12. The Morgan fingerprint density at radius 1 is 1.00 bits per heavy atom. The Kier molecular flexibility index (Phi) is 6.90. The molecule has 0 radical (unpaired) electrons. The van der Waals surface area contributed by atoms with Crippen molar-refractivity contribution in [1.29, 1.82) is 0 Å². The van der Waals surface area contributed by atoms with Gasteiger partial charge in [-0.25, -0.2) is 0 Å². The van der Waals surface area contributed by atoms with E-state index in [2.05, 4.69) is 55.7 Å². The maximum Gasteiger partial charge on any atom is 0.251 e. The predicted octanol–water partition coefficient (Wildman–Crippen LogP) is 5.08. The number of anilines is 2. The maximum atomic E-state index is 12.5. The van der Waals surface area contributed by atoms with Crippen LogP contribution in [0.15, 0.2) is 71.2 Å². The molecular weight excluding hydrogens is 466 g/mol. The van der Waals surface area contributed by atoms with E-state index in [4.69, 9.17) is 0 Å². The van der Waals surface area contributed by atoms with Gasteiger partial charge in [0.2, 0.25) is 5.91 Å². The summed E-state index contributed by atoms with van der Waals surface area (Å²) in [5.41, 5.74) is 6.24. The summed E-state index contributed by atoms with van der Waals surface area (Å²) in [5, 5.41) is 5.72. The zero-order valence-corrected chi connectivity index (χ0v) is 19.6. The fourth-order valence-corrected chi connectivity index (χ4v) is 4.23. The van der Waals surface area contributed by atoms with E-state index in [9.17, 15) is 9.59 Å². The standard InChI is InChI=1S/C26H26BrN3O2/c1-18-6-9-22(27)16-24(18)29-25(31)12-14-28-26(32)20-7-10-23(11-8-20)30-15-13-19-4-2-3-5-21(19)17-30/h2-11,16H,12-15,17H2,1H3,(H,28,32)(H,29,31). The summed E-state index contributed by atoms with van der Waals surface area (Å²) in [6.45, 7) is 4.07. The van der Waals surface area contributed by atoms with E-state index in [0.29, 0.717) is 5.56 Å². The number of amides is 2. The maximum absolute atomic E-state index is 12.5. The molecule has 0 aromatic heterocycles. The van der Waals surface area contributed by atoms with Crippen LogP contribution in [0, 0.1) is 6.92 Å². The topological polar surface area (TPSA) is 61.4 Å². The highest BCUT2D eigenvalue weighted by atomic mass is 79.9. The number of fused-ring (bicyclic) bond motifs is 1. The van der Waals surface area contributed by atoms with Gasteiger partial charge in [-0.05, 0) is 66.4 Å². The van der Waals surface area contributed by atoms with Crippen molar-refractivity contribution in [2.24, 2.45) is 0 Å². The van der Waals surface area contributed by atoms with Crippen LogP contribution in [-0.4, -0.2) is 24.9 Å². The molecule has 5 nitrogen and oxygen atoms in total. The summed E-state index contributed by atoms with van der Waals surface area (Å²) in [6.07, 6.45) is 1.24. The average Bonchev–Trinajstić information content (AvgIpc) is 2.81. The van der Waals surface area contributed by atoms with E-state index < -0.39 is 0 Å². The number of nitrogens with one attached hydrogen (secondary N) is 2. The monoisotopic (exact) mass is 491 g/mol. The van der Waals surface area contributed by atoms with E-state index in [1.807, 2.05) is 49.4 Å². The van der Waals surface area contributed by atoms with Crippen molar-refractivity contribution in [2.75, 3.05) is 23.3 Å². The molecule has 3 aromatic carbocycles. The molecular formula is C26H26BrN3O2. The number of hydrogen-bond donors (Lipinski definition) is 2. The van der Waals surface area contributed by atoms with Crippen molar-refractivity contribution in [1.82, 2.24) is 5.32 Å². The van der Waals surface area contributed by atoms with E-state index in [1.165, 1.54) is 11.1 Å². The second-order valence-corrected chi connectivity index (χ2v) is 8.92. The Morgan fingerprint density at radius 2 is 1.75 bits per heavy atom. The van der Waals surface area contributed by atoms with Crippen molar-refractivity contribution in [3.63, 3.8) is 0 Å². The molecule has 0 atom stereocenters.